The summed E-state index contributed by atoms with van der Waals surface area (Å²) in [6.07, 6.45) is 0.716. The van der Waals surface area contributed by atoms with Crippen LogP contribution in [0.15, 0.2) is 53.0 Å². The highest BCUT2D eigenvalue weighted by atomic mass is 79.9. The van der Waals surface area contributed by atoms with Crippen molar-refractivity contribution in [2.45, 2.75) is 31.9 Å². The number of fused-ring (bicyclic) bond motifs is 1. The number of carbonyl (C=O) groups excluding carboxylic acids is 1. The van der Waals surface area contributed by atoms with Crippen LogP contribution in [0.25, 0.3) is 0 Å². The summed E-state index contributed by atoms with van der Waals surface area (Å²) in [5, 5.41) is 3.06. The van der Waals surface area contributed by atoms with Crippen molar-refractivity contribution in [1.82, 2.24) is 5.32 Å². The molecule has 1 N–H and O–H groups in total. The van der Waals surface area contributed by atoms with Gasteiger partial charge in [-0.15, -0.1) is 0 Å². The summed E-state index contributed by atoms with van der Waals surface area (Å²) in [6, 6.07) is 15.2. The van der Waals surface area contributed by atoms with Crippen molar-refractivity contribution < 1.29 is 14.3 Å². The lowest BCUT2D eigenvalue weighted by Crippen LogP contribution is -2.42. The number of nitrogens with one attached hydrogen (secondary N) is 1. The van der Waals surface area contributed by atoms with Gasteiger partial charge in [-0.25, -0.2) is 0 Å². The van der Waals surface area contributed by atoms with Crippen LogP contribution in [0.4, 0.5) is 0 Å². The summed E-state index contributed by atoms with van der Waals surface area (Å²) in [6.45, 7) is 4.04. The molecule has 1 aliphatic heterocycles. The van der Waals surface area contributed by atoms with Crippen LogP contribution >= 0.6 is 15.9 Å². The Labute approximate surface area is 150 Å². The first-order chi connectivity index (χ1) is 11.4. The molecule has 1 atom stereocenters. The molecule has 0 bridgehead atoms. The molecule has 126 valence electrons. The third-order valence-electron chi connectivity index (χ3n) is 3.90. The Bertz CT molecular complexity index is 728. The van der Waals surface area contributed by atoms with E-state index < -0.39 is 0 Å². The molecule has 0 saturated carbocycles. The molecule has 1 amide bonds. The number of halogens is 1. The molecule has 5 heteroatoms. The highest BCUT2D eigenvalue weighted by Crippen LogP contribution is 2.39. The number of amides is 1. The van der Waals surface area contributed by atoms with E-state index in [1.807, 2.05) is 62.4 Å². The van der Waals surface area contributed by atoms with Crippen LogP contribution in [0.5, 0.6) is 11.5 Å². The number of hydrogen-bond acceptors (Lipinski definition) is 3. The third-order valence-corrected chi connectivity index (χ3v) is 4.42. The lowest BCUT2D eigenvalue weighted by atomic mass is 9.90. The number of hydrogen-bond donors (Lipinski definition) is 1. The van der Waals surface area contributed by atoms with Gasteiger partial charge in [0, 0.05) is 16.5 Å². The minimum atomic E-state index is -0.321. The van der Waals surface area contributed by atoms with Crippen LogP contribution in [0.1, 0.15) is 31.9 Å². The van der Waals surface area contributed by atoms with Crippen molar-refractivity contribution in [3.05, 3.63) is 58.6 Å². The molecule has 0 aromatic heterocycles. The summed E-state index contributed by atoms with van der Waals surface area (Å²) in [5.74, 6) is 1.35. The van der Waals surface area contributed by atoms with Gasteiger partial charge in [0.05, 0.1) is 6.04 Å². The summed E-state index contributed by atoms with van der Waals surface area (Å²) in [5.41, 5.74) is 0.688. The van der Waals surface area contributed by atoms with Gasteiger partial charge in [-0.1, -0.05) is 34.1 Å². The zero-order valence-electron chi connectivity index (χ0n) is 13.7. The van der Waals surface area contributed by atoms with E-state index in [4.69, 9.17) is 9.47 Å². The van der Waals surface area contributed by atoms with Gasteiger partial charge in [0.25, 0.3) is 5.91 Å². The summed E-state index contributed by atoms with van der Waals surface area (Å²) >= 11 is 3.37. The van der Waals surface area contributed by atoms with E-state index in [2.05, 4.69) is 21.2 Å². The highest BCUT2D eigenvalue weighted by Gasteiger charge is 2.34. The van der Waals surface area contributed by atoms with E-state index in [9.17, 15) is 4.79 Å². The normalized spacial score (nSPS) is 18.2. The molecule has 24 heavy (non-hydrogen) atoms. The zero-order chi connectivity index (χ0) is 17.2. The smallest absolute Gasteiger partial charge is 0.258 e. The largest absolute Gasteiger partial charge is 0.487 e. The van der Waals surface area contributed by atoms with Crippen LogP contribution < -0.4 is 14.8 Å². The van der Waals surface area contributed by atoms with Crippen LogP contribution in [0.3, 0.4) is 0 Å². The van der Waals surface area contributed by atoms with E-state index in [0.29, 0.717) is 12.2 Å². The topological polar surface area (TPSA) is 47.6 Å². The van der Waals surface area contributed by atoms with E-state index >= 15 is 0 Å². The van der Waals surface area contributed by atoms with Gasteiger partial charge < -0.3 is 14.8 Å². The minimum Gasteiger partial charge on any atom is -0.487 e. The first-order valence-electron chi connectivity index (χ1n) is 7.89. The van der Waals surface area contributed by atoms with Crippen LogP contribution in [-0.4, -0.2) is 18.1 Å². The lowest BCUT2D eigenvalue weighted by Gasteiger charge is -2.37. The average molecular weight is 390 g/mol. The van der Waals surface area contributed by atoms with Gasteiger partial charge in [-0.05, 0) is 44.2 Å². The molecule has 0 radical (unpaired) electrons. The first kappa shape index (κ1) is 16.8. The van der Waals surface area contributed by atoms with Gasteiger partial charge in [0.1, 0.15) is 17.1 Å². The van der Waals surface area contributed by atoms with Crippen molar-refractivity contribution in [1.29, 1.82) is 0 Å². The molecule has 2 aromatic rings. The summed E-state index contributed by atoms with van der Waals surface area (Å²) in [7, 11) is 0. The Balaban J connectivity index is 1.64. The van der Waals surface area contributed by atoms with Crippen molar-refractivity contribution in [3.8, 4) is 11.5 Å². The molecule has 0 aliphatic carbocycles. The Morgan fingerprint density at radius 2 is 1.96 bits per heavy atom. The fourth-order valence-corrected chi connectivity index (χ4v) is 3.11. The SMILES string of the molecule is CC1(C)CC(NC(=O)COc2ccc(Br)cc2)c2ccccc2O1. The standard InChI is InChI=1S/C19H20BrNO3/c1-19(2)11-16(15-5-3-4-6-17(15)24-19)21-18(22)12-23-14-9-7-13(20)8-10-14/h3-10,16H,11-12H2,1-2H3,(H,21,22). The van der Waals surface area contributed by atoms with Gasteiger partial charge >= 0.3 is 0 Å². The Kier molecular flexibility index (Phi) is 4.81. The Morgan fingerprint density at radius 3 is 2.71 bits per heavy atom. The van der Waals surface area contributed by atoms with E-state index in [0.717, 1.165) is 15.8 Å². The maximum Gasteiger partial charge on any atom is 0.258 e. The number of carbonyl (C=O) groups is 1. The second-order valence-corrected chi connectivity index (χ2v) is 7.38. The summed E-state index contributed by atoms with van der Waals surface area (Å²) < 4.78 is 12.5. The molecule has 1 unspecified atom stereocenters. The highest BCUT2D eigenvalue weighted by molar-refractivity contribution is 9.10. The molecule has 1 aliphatic rings. The van der Waals surface area contributed by atoms with Crippen LogP contribution in [-0.2, 0) is 4.79 Å². The molecule has 2 aromatic carbocycles. The molecule has 0 fully saturated rings. The molecule has 0 spiro atoms. The van der Waals surface area contributed by atoms with Crippen LogP contribution in [0.2, 0.25) is 0 Å². The van der Waals surface area contributed by atoms with Gasteiger partial charge in [0.15, 0.2) is 6.61 Å². The number of rotatable bonds is 4. The quantitative estimate of drug-likeness (QED) is 0.849. The fraction of sp³-hybridized carbons (Fsp3) is 0.316. The molecular formula is C19H20BrNO3. The lowest BCUT2D eigenvalue weighted by molar-refractivity contribution is -0.124. The molecular weight excluding hydrogens is 370 g/mol. The minimum absolute atomic E-state index is 0.0123. The van der Waals surface area contributed by atoms with Gasteiger partial charge in [-0.2, -0.15) is 0 Å². The fourth-order valence-electron chi connectivity index (χ4n) is 2.85. The summed E-state index contributed by atoms with van der Waals surface area (Å²) in [4.78, 5) is 12.3. The van der Waals surface area contributed by atoms with E-state index in [-0.39, 0.29) is 24.2 Å². The first-order valence-corrected chi connectivity index (χ1v) is 8.68. The number of benzene rings is 2. The maximum atomic E-state index is 12.3. The average Bonchev–Trinajstić information content (AvgIpc) is 2.53. The Morgan fingerprint density at radius 1 is 1.25 bits per heavy atom. The Hall–Kier alpha value is -2.01. The number of para-hydroxylation sites is 1. The zero-order valence-corrected chi connectivity index (χ0v) is 15.3. The van der Waals surface area contributed by atoms with Crippen molar-refractivity contribution in [3.63, 3.8) is 0 Å². The second kappa shape index (κ2) is 6.85. The van der Waals surface area contributed by atoms with Gasteiger partial charge in [0.2, 0.25) is 0 Å². The van der Waals surface area contributed by atoms with E-state index in [1.165, 1.54) is 0 Å². The predicted molar refractivity (Wildman–Crippen MR) is 96.3 cm³/mol. The second-order valence-electron chi connectivity index (χ2n) is 6.47. The van der Waals surface area contributed by atoms with Gasteiger partial charge in [-0.3, -0.25) is 4.79 Å². The van der Waals surface area contributed by atoms with Crippen molar-refractivity contribution in [2.75, 3.05) is 6.61 Å². The van der Waals surface area contributed by atoms with Crippen LogP contribution in [0, 0.1) is 0 Å². The molecule has 0 saturated heterocycles. The molecule has 4 nitrogen and oxygen atoms in total. The molecule has 3 rings (SSSR count). The van der Waals surface area contributed by atoms with Crippen molar-refractivity contribution in [2.24, 2.45) is 0 Å². The third kappa shape index (κ3) is 4.09. The van der Waals surface area contributed by atoms with E-state index in [1.54, 1.807) is 0 Å². The monoisotopic (exact) mass is 389 g/mol. The molecule has 1 heterocycles. The predicted octanol–water partition coefficient (Wildman–Crippen LogP) is 4.25. The van der Waals surface area contributed by atoms with Crippen molar-refractivity contribution >= 4 is 21.8 Å². The maximum absolute atomic E-state index is 12.3. The number of ether oxygens (including phenoxy) is 2.